The van der Waals surface area contributed by atoms with Gasteiger partial charge in [0, 0.05) is 45.2 Å². The van der Waals surface area contributed by atoms with Crippen LogP contribution in [0.2, 0.25) is 0 Å². The molecule has 0 unspecified atom stereocenters. The molecule has 2 amide bonds. The number of amides is 2. The maximum Gasteiger partial charge on any atom is 0.223 e. The van der Waals surface area contributed by atoms with Crippen LogP contribution in [-0.2, 0) is 9.59 Å². The number of hydrogen-bond donors (Lipinski definition) is 2. The Morgan fingerprint density at radius 2 is 2.21 bits per heavy atom. The normalized spacial score (nSPS) is 29.7. The highest BCUT2D eigenvalue weighted by atomic mass is 16.2. The summed E-state index contributed by atoms with van der Waals surface area (Å²) >= 11 is 0. The summed E-state index contributed by atoms with van der Waals surface area (Å²) in [5, 5.41) is 11.2. The summed E-state index contributed by atoms with van der Waals surface area (Å²) < 4.78 is 0. The Bertz CT molecular complexity index is 911. The van der Waals surface area contributed by atoms with Gasteiger partial charge in [-0.2, -0.15) is 5.10 Å². The van der Waals surface area contributed by atoms with E-state index in [0.717, 1.165) is 49.1 Å². The number of aromatic nitrogens is 3. The number of nitrogens with zero attached hydrogens (tertiary/aromatic N) is 4. The molecule has 5 heterocycles. The van der Waals surface area contributed by atoms with Crippen LogP contribution in [0.1, 0.15) is 32.6 Å². The highest BCUT2D eigenvalue weighted by molar-refractivity contribution is 5.89. The van der Waals surface area contributed by atoms with E-state index in [2.05, 4.69) is 30.3 Å². The fourth-order valence-electron chi connectivity index (χ4n) is 5.56. The number of carbonyl (C=O) groups excluding carboxylic acids is 2. The quantitative estimate of drug-likeness (QED) is 0.835. The highest BCUT2D eigenvalue weighted by Crippen LogP contribution is 2.42. The first-order valence-corrected chi connectivity index (χ1v) is 10.2. The molecule has 0 radical (unpaired) electrons. The lowest BCUT2D eigenvalue weighted by molar-refractivity contribution is -0.149. The zero-order valence-electron chi connectivity index (χ0n) is 16.1. The number of pyridine rings is 1. The Kier molecular flexibility index (Phi) is 4.21. The molecule has 0 aromatic carbocycles. The van der Waals surface area contributed by atoms with Crippen molar-refractivity contribution in [2.45, 2.75) is 44.7 Å². The van der Waals surface area contributed by atoms with Crippen molar-refractivity contribution in [1.29, 1.82) is 0 Å². The molecule has 8 nitrogen and oxygen atoms in total. The summed E-state index contributed by atoms with van der Waals surface area (Å²) in [5.41, 5.74) is 0.991. The lowest BCUT2D eigenvalue weighted by Gasteiger charge is -2.56. The van der Waals surface area contributed by atoms with E-state index in [0.29, 0.717) is 24.8 Å². The minimum Gasteiger partial charge on any atom is -0.355 e. The van der Waals surface area contributed by atoms with Crippen LogP contribution in [0.3, 0.4) is 0 Å². The van der Waals surface area contributed by atoms with Crippen LogP contribution in [0.25, 0.3) is 10.9 Å². The molecule has 0 spiro atoms. The van der Waals surface area contributed by atoms with Crippen LogP contribution >= 0.6 is 0 Å². The number of rotatable bonds is 3. The van der Waals surface area contributed by atoms with E-state index < -0.39 is 0 Å². The van der Waals surface area contributed by atoms with Gasteiger partial charge in [0.2, 0.25) is 11.8 Å². The first kappa shape index (κ1) is 17.5. The van der Waals surface area contributed by atoms with Crippen molar-refractivity contribution in [2.24, 2.45) is 11.8 Å². The van der Waals surface area contributed by atoms with Crippen molar-refractivity contribution in [1.82, 2.24) is 25.4 Å². The molecule has 3 fully saturated rings. The van der Waals surface area contributed by atoms with E-state index in [9.17, 15) is 9.59 Å². The number of fused-ring (bicyclic) bond motifs is 5. The van der Waals surface area contributed by atoms with Gasteiger partial charge in [0.05, 0.1) is 23.1 Å². The predicted molar refractivity (Wildman–Crippen MR) is 105 cm³/mol. The molecule has 0 saturated carbocycles. The Hall–Kier alpha value is -2.64. The van der Waals surface area contributed by atoms with Crippen LogP contribution in [0.4, 0.5) is 5.82 Å². The number of H-pyrrole nitrogens is 1. The van der Waals surface area contributed by atoms with E-state index in [4.69, 9.17) is 0 Å². The summed E-state index contributed by atoms with van der Waals surface area (Å²) in [6, 6.07) is 2.27. The van der Waals surface area contributed by atoms with Gasteiger partial charge in [0.25, 0.3) is 0 Å². The summed E-state index contributed by atoms with van der Waals surface area (Å²) in [4.78, 5) is 33.5. The van der Waals surface area contributed by atoms with Crippen LogP contribution in [0.5, 0.6) is 0 Å². The second kappa shape index (κ2) is 6.76. The molecule has 4 atom stereocenters. The van der Waals surface area contributed by atoms with Gasteiger partial charge in [-0.15, -0.1) is 0 Å². The van der Waals surface area contributed by atoms with Gasteiger partial charge in [-0.1, -0.05) is 0 Å². The van der Waals surface area contributed by atoms with Crippen molar-refractivity contribution >= 4 is 28.5 Å². The summed E-state index contributed by atoms with van der Waals surface area (Å²) in [6.07, 6.45) is 7.42. The topological polar surface area (TPSA) is 94.2 Å². The van der Waals surface area contributed by atoms with Gasteiger partial charge in [-0.25, -0.2) is 4.98 Å². The maximum absolute atomic E-state index is 12.8. The average molecular weight is 382 g/mol. The molecule has 3 aliphatic rings. The van der Waals surface area contributed by atoms with Crippen LogP contribution < -0.4 is 10.2 Å². The summed E-state index contributed by atoms with van der Waals surface area (Å²) in [5.74, 6) is 1.95. The van der Waals surface area contributed by atoms with Crippen molar-refractivity contribution < 1.29 is 9.59 Å². The average Bonchev–Trinajstić information content (AvgIpc) is 3.17. The Morgan fingerprint density at radius 1 is 1.36 bits per heavy atom. The van der Waals surface area contributed by atoms with Gasteiger partial charge in [-0.05, 0) is 37.2 Å². The fraction of sp³-hybridized carbons (Fsp3) is 0.600. The molecule has 28 heavy (non-hydrogen) atoms. The molecule has 148 valence electrons. The summed E-state index contributed by atoms with van der Waals surface area (Å²) in [6.45, 7) is 3.83. The number of aromatic amines is 1. The molecule has 2 bridgehead atoms. The third kappa shape index (κ3) is 2.82. The van der Waals surface area contributed by atoms with Crippen LogP contribution in [0, 0.1) is 11.8 Å². The minimum atomic E-state index is -0.0411. The molecule has 0 aliphatic carbocycles. The monoisotopic (exact) mass is 382 g/mol. The lowest BCUT2D eigenvalue weighted by Crippen LogP contribution is -2.67. The van der Waals surface area contributed by atoms with Crippen molar-refractivity contribution in [3.63, 3.8) is 0 Å². The van der Waals surface area contributed by atoms with Gasteiger partial charge in [-0.3, -0.25) is 14.7 Å². The highest BCUT2D eigenvalue weighted by Gasteiger charge is 2.49. The van der Waals surface area contributed by atoms with E-state index >= 15 is 0 Å². The number of nitrogens with one attached hydrogen (secondary N) is 2. The van der Waals surface area contributed by atoms with Gasteiger partial charge in [0.15, 0.2) is 0 Å². The molecule has 3 aliphatic heterocycles. The zero-order chi connectivity index (χ0) is 19.3. The predicted octanol–water partition coefficient (Wildman–Crippen LogP) is 1.30. The smallest absolute Gasteiger partial charge is 0.223 e. The first-order chi connectivity index (χ1) is 13.6. The second-order valence-electron chi connectivity index (χ2n) is 8.39. The van der Waals surface area contributed by atoms with Crippen LogP contribution in [0.15, 0.2) is 18.5 Å². The van der Waals surface area contributed by atoms with Gasteiger partial charge < -0.3 is 15.1 Å². The fourth-order valence-corrected chi connectivity index (χ4v) is 5.56. The molecule has 3 saturated heterocycles. The van der Waals surface area contributed by atoms with E-state index in [1.54, 1.807) is 0 Å². The second-order valence-corrected chi connectivity index (χ2v) is 8.39. The first-order valence-electron chi connectivity index (χ1n) is 10.2. The van der Waals surface area contributed by atoms with E-state index in [-0.39, 0.29) is 23.9 Å². The number of carbonyl (C=O) groups is 2. The van der Waals surface area contributed by atoms with Crippen LogP contribution in [-0.4, -0.2) is 63.6 Å². The van der Waals surface area contributed by atoms with Crippen molar-refractivity contribution in [3.8, 4) is 0 Å². The third-order valence-corrected chi connectivity index (χ3v) is 6.70. The zero-order valence-corrected chi connectivity index (χ0v) is 16.1. The Labute approximate surface area is 163 Å². The van der Waals surface area contributed by atoms with Gasteiger partial charge >= 0.3 is 0 Å². The van der Waals surface area contributed by atoms with E-state index in [1.807, 2.05) is 18.5 Å². The SMILES string of the molecule is CC(=O)NC[C@H]1[C@H]2C[C@H](CN(c3nccc4[nH]ncc34)C2)[C@@H]2CCCC(=O)N21. The number of anilines is 1. The van der Waals surface area contributed by atoms with Gasteiger partial charge in [0.1, 0.15) is 5.82 Å². The molecular formula is C20H26N6O2. The minimum absolute atomic E-state index is 0.0411. The lowest BCUT2D eigenvalue weighted by atomic mass is 9.72. The standard InChI is InChI=1S/C20H26N6O2/c1-12(27)22-9-18-14-7-13(17-3-2-4-19(28)26(17)18)10-25(11-14)20-15-8-23-24-16(15)5-6-21-20/h5-6,8,13-14,17-18H,2-4,7,9-11H2,1H3,(H,22,27)(H,23,24)/t13-,14+,17+,18+/m1/s1. The van der Waals surface area contributed by atoms with E-state index in [1.165, 1.54) is 6.92 Å². The molecule has 2 aromatic heterocycles. The molecule has 2 N–H and O–H groups in total. The Morgan fingerprint density at radius 3 is 3.07 bits per heavy atom. The maximum atomic E-state index is 12.8. The molecular weight excluding hydrogens is 356 g/mol. The summed E-state index contributed by atoms with van der Waals surface area (Å²) in [7, 11) is 0. The van der Waals surface area contributed by atoms with Crippen molar-refractivity contribution in [3.05, 3.63) is 18.5 Å². The van der Waals surface area contributed by atoms with Crippen molar-refractivity contribution in [2.75, 3.05) is 24.5 Å². The molecule has 8 heteroatoms. The number of hydrogen-bond acceptors (Lipinski definition) is 5. The molecule has 5 rings (SSSR count). The largest absolute Gasteiger partial charge is 0.355 e. The Balaban J connectivity index is 1.48. The third-order valence-electron chi connectivity index (χ3n) is 6.70. The number of piperidine rings is 3. The molecule has 2 aromatic rings.